The van der Waals surface area contributed by atoms with Crippen molar-refractivity contribution in [1.82, 2.24) is 0 Å². The van der Waals surface area contributed by atoms with Crippen molar-refractivity contribution in [2.45, 2.75) is 39.2 Å². The molecule has 1 saturated carbocycles. The number of ether oxygens (including phenoxy) is 2. The van der Waals surface area contributed by atoms with Crippen LogP contribution in [0.5, 0.6) is 0 Å². The predicted molar refractivity (Wildman–Crippen MR) is 77.5 cm³/mol. The molecule has 4 aliphatic rings. The largest absolute Gasteiger partial charge is 0.466 e. The van der Waals surface area contributed by atoms with Gasteiger partial charge in [0.2, 0.25) is 0 Å². The number of rotatable bonds is 4. The van der Waals surface area contributed by atoms with Crippen LogP contribution in [0.4, 0.5) is 0 Å². The molecule has 1 aliphatic heterocycles. The molecule has 114 valence electrons. The number of hydrogen-bond acceptors (Lipinski definition) is 4. The molecular weight excluding hydrogens is 268 g/mol. The minimum Gasteiger partial charge on any atom is -0.466 e. The Labute approximate surface area is 125 Å². The normalized spacial score (nSPS) is 43.7. The third-order valence-electron chi connectivity index (χ3n) is 5.63. The van der Waals surface area contributed by atoms with Gasteiger partial charge in [0.05, 0.1) is 24.5 Å². The second-order valence-corrected chi connectivity index (χ2v) is 6.66. The number of ketones is 1. The van der Waals surface area contributed by atoms with E-state index in [2.05, 4.69) is 12.7 Å². The van der Waals surface area contributed by atoms with Crippen LogP contribution < -0.4 is 0 Å². The van der Waals surface area contributed by atoms with Crippen molar-refractivity contribution < 1.29 is 19.1 Å². The third kappa shape index (κ3) is 1.54. The summed E-state index contributed by atoms with van der Waals surface area (Å²) in [6.07, 6.45) is 4.92. The highest BCUT2D eigenvalue weighted by Gasteiger charge is 2.76. The molecule has 0 aromatic carbocycles. The van der Waals surface area contributed by atoms with Gasteiger partial charge in [-0.15, -0.1) is 6.58 Å². The summed E-state index contributed by atoms with van der Waals surface area (Å²) in [5.74, 6) is -0.670. The SMILES string of the molecule is C=CC[C@]12C(=O)[C@]3(CO3)[C@](C)(C=C1C)C[C@@H]2C(=O)OCC. The van der Waals surface area contributed by atoms with Crippen molar-refractivity contribution >= 4 is 11.8 Å². The van der Waals surface area contributed by atoms with Gasteiger partial charge in [0.15, 0.2) is 11.4 Å². The fourth-order valence-corrected chi connectivity index (χ4v) is 4.46. The molecule has 1 saturated heterocycles. The van der Waals surface area contributed by atoms with E-state index >= 15 is 0 Å². The minimum atomic E-state index is -0.831. The van der Waals surface area contributed by atoms with Gasteiger partial charge in [-0.3, -0.25) is 9.59 Å². The Balaban J connectivity index is 2.14. The third-order valence-corrected chi connectivity index (χ3v) is 5.63. The maximum atomic E-state index is 13.2. The lowest BCUT2D eigenvalue weighted by Gasteiger charge is -2.55. The lowest BCUT2D eigenvalue weighted by molar-refractivity contribution is -0.168. The van der Waals surface area contributed by atoms with Gasteiger partial charge in [0.1, 0.15) is 0 Å². The average Bonchev–Trinajstić information content (AvgIpc) is 3.21. The smallest absolute Gasteiger partial charge is 0.310 e. The van der Waals surface area contributed by atoms with E-state index < -0.39 is 22.3 Å². The molecule has 4 rings (SSSR count). The standard InChI is InChI=1S/C17H22O4/c1-5-7-16-11(3)8-15(4,17(10-21-17)14(16)19)9-12(16)13(18)20-6-2/h5,8,12H,1,6-7,9-10H2,2-4H3/t12-,15-,16+,17-/m1/s1. The van der Waals surface area contributed by atoms with Crippen LogP contribution in [0.2, 0.25) is 0 Å². The molecule has 21 heavy (non-hydrogen) atoms. The van der Waals surface area contributed by atoms with E-state index in [-0.39, 0.29) is 11.8 Å². The van der Waals surface area contributed by atoms with Crippen LogP contribution in [-0.2, 0) is 19.1 Å². The molecule has 0 amide bonds. The zero-order chi connectivity index (χ0) is 15.5. The first-order valence-electron chi connectivity index (χ1n) is 7.54. The quantitative estimate of drug-likeness (QED) is 0.453. The summed E-state index contributed by atoms with van der Waals surface area (Å²) in [4.78, 5) is 25.7. The van der Waals surface area contributed by atoms with Gasteiger partial charge in [-0.05, 0) is 26.7 Å². The maximum Gasteiger partial charge on any atom is 0.310 e. The number of carbonyl (C=O) groups excluding carboxylic acids is 2. The van der Waals surface area contributed by atoms with Gasteiger partial charge >= 0.3 is 5.97 Å². The zero-order valence-electron chi connectivity index (χ0n) is 12.9. The summed E-state index contributed by atoms with van der Waals surface area (Å²) in [7, 11) is 0. The van der Waals surface area contributed by atoms with Crippen molar-refractivity contribution in [2.75, 3.05) is 13.2 Å². The summed E-state index contributed by atoms with van der Waals surface area (Å²) in [6.45, 7) is 10.3. The number of Topliss-reactive ketones (excluding diaryl/α,β-unsaturated/α-hetero) is 1. The number of carbonyl (C=O) groups is 2. The second-order valence-electron chi connectivity index (χ2n) is 6.66. The monoisotopic (exact) mass is 290 g/mol. The zero-order valence-corrected chi connectivity index (χ0v) is 12.9. The Morgan fingerprint density at radius 2 is 2.29 bits per heavy atom. The van der Waals surface area contributed by atoms with Crippen LogP contribution in [-0.4, -0.2) is 30.6 Å². The molecule has 0 aromatic rings. The molecule has 0 aromatic heterocycles. The molecule has 3 aliphatic carbocycles. The van der Waals surface area contributed by atoms with Gasteiger partial charge in [-0.1, -0.05) is 24.6 Å². The second kappa shape index (κ2) is 4.29. The predicted octanol–water partition coefficient (Wildman–Crippen LogP) is 2.44. The van der Waals surface area contributed by atoms with Crippen LogP contribution in [0.25, 0.3) is 0 Å². The first-order chi connectivity index (χ1) is 9.88. The van der Waals surface area contributed by atoms with E-state index in [1.807, 2.05) is 13.8 Å². The minimum absolute atomic E-state index is 0.0432. The molecule has 0 N–H and O–H groups in total. The van der Waals surface area contributed by atoms with Crippen molar-refractivity contribution in [3.8, 4) is 0 Å². The summed E-state index contributed by atoms with van der Waals surface area (Å²) in [5.41, 5.74) is -1.00. The van der Waals surface area contributed by atoms with Gasteiger partial charge < -0.3 is 9.47 Å². The van der Waals surface area contributed by atoms with Crippen LogP contribution >= 0.6 is 0 Å². The lowest BCUT2D eigenvalue weighted by Crippen LogP contribution is -2.64. The number of epoxide rings is 1. The number of fused-ring (bicyclic) bond motifs is 1. The van der Waals surface area contributed by atoms with E-state index in [1.165, 1.54) is 0 Å². The molecule has 1 heterocycles. The van der Waals surface area contributed by atoms with E-state index in [9.17, 15) is 9.59 Å². The Morgan fingerprint density at radius 1 is 1.62 bits per heavy atom. The summed E-state index contributed by atoms with van der Waals surface area (Å²) >= 11 is 0. The lowest BCUT2D eigenvalue weighted by atomic mass is 9.45. The Hall–Kier alpha value is -1.42. The fraction of sp³-hybridized carbons (Fsp3) is 0.647. The van der Waals surface area contributed by atoms with Crippen LogP contribution in [0, 0.1) is 16.7 Å². The van der Waals surface area contributed by atoms with E-state index in [4.69, 9.17) is 9.47 Å². The highest BCUT2D eigenvalue weighted by Crippen LogP contribution is 2.67. The summed E-state index contributed by atoms with van der Waals surface area (Å²) in [5, 5.41) is 0. The summed E-state index contributed by atoms with van der Waals surface area (Å²) < 4.78 is 10.9. The molecular formula is C17H22O4. The van der Waals surface area contributed by atoms with Crippen molar-refractivity contribution in [3.63, 3.8) is 0 Å². The van der Waals surface area contributed by atoms with Crippen molar-refractivity contribution in [1.29, 1.82) is 0 Å². The Kier molecular flexibility index (Phi) is 2.97. The van der Waals surface area contributed by atoms with Crippen molar-refractivity contribution in [3.05, 3.63) is 24.3 Å². The molecule has 2 bridgehead atoms. The molecule has 4 nitrogen and oxygen atoms in total. The molecule has 4 atom stereocenters. The van der Waals surface area contributed by atoms with Crippen molar-refractivity contribution in [2.24, 2.45) is 16.7 Å². The number of esters is 1. The van der Waals surface area contributed by atoms with Gasteiger partial charge in [0, 0.05) is 5.41 Å². The van der Waals surface area contributed by atoms with Crippen LogP contribution in [0.1, 0.15) is 33.6 Å². The van der Waals surface area contributed by atoms with Gasteiger partial charge in [0.25, 0.3) is 0 Å². The fourth-order valence-electron chi connectivity index (χ4n) is 4.46. The highest BCUT2D eigenvalue weighted by atomic mass is 16.6. The Bertz CT molecular complexity index is 557. The maximum absolute atomic E-state index is 13.2. The van der Waals surface area contributed by atoms with E-state index in [1.54, 1.807) is 13.0 Å². The molecule has 0 radical (unpaired) electrons. The first kappa shape index (κ1) is 14.5. The highest BCUT2D eigenvalue weighted by molar-refractivity contribution is 6.04. The van der Waals surface area contributed by atoms with E-state index in [0.29, 0.717) is 26.1 Å². The van der Waals surface area contributed by atoms with Gasteiger partial charge in [-0.25, -0.2) is 0 Å². The van der Waals surface area contributed by atoms with Crippen LogP contribution in [0.3, 0.4) is 0 Å². The molecule has 1 spiro atoms. The van der Waals surface area contributed by atoms with Crippen LogP contribution in [0.15, 0.2) is 24.3 Å². The molecule has 0 unspecified atom stereocenters. The Morgan fingerprint density at radius 3 is 2.81 bits per heavy atom. The number of allylic oxidation sites excluding steroid dienone is 2. The number of hydrogen-bond donors (Lipinski definition) is 0. The molecule has 4 heteroatoms. The van der Waals surface area contributed by atoms with E-state index in [0.717, 1.165) is 5.57 Å². The topological polar surface area (TPSA) is 55.9 Å². The average molecular weight is 290 g/mol. The summed E-state index contributed by atoms with van der Waals surface area (Å²) in [6, 6.07) is 0. The molecule has 2 fully saturated rings. The first-order valence-corrected chi connectivity index (χ1v) is 7.54. The van der Waals surface area contributed by atoms with Gasteiger partial charge in [-0.2, -0.15) is 0 Å².